The molecule has 3 rings (SSSR count). The van der Waals surface area contributed by atoms with E-state index in [0.29, 0.717) is 29.2 Å². The number of hydrogen-bond acceptors (Lipinski definition) is 5. The van der Waals surface area contributed by atoms with Gasteiger partial charge in [-0.25, -0.2) is 9.78 Å². The van der Waals surface area contributed by atoms with Crippen LogP contribution in [0.3, 0.4) is 0 Å². The van der Waals surface area contributed by atoms with Crippen molar-refractivity contribution < 1.29 is 14.3 Å². The summed E-state index contributed by atoms with van der Waals surface area (Å²) in [6.07, 6.45) is 1.56. The van der Waals surface area contributed by atoms with Crippen molar-refractivity contribution in [1.82, 2.24) is 4.98 Å². The van der Waals surface area contributed by atoms with Crippen molar-refractivity contribution in [2.24, 2.45) is 0 Å². The number of carbonyl (C=O) groups excluding carboxylic acids is 2. The van der Waals surface area contributed by atoms with Gasteiger partial charge in [-0.1, -0.05) is 42.5 Å². The van der Waals surface area contributed by atoms with Crippen LogP contribution in [0.15, 0.2) is 72.9 Å². The second kappa shape index (κ2) is 8.62. The number of rotatable bonds is 6. The van der Waals surface area contributed by atoms with Gasteiger partial charge in [0.1, 0.15) is 5.82 Å². The van der Waals surface area contributed by atoms with Gasteiger partial charge in [-0.05, 0) is 29.8 Å². The molecule has 0 aliphatic heterocycles. The molecule has 0 aliphatic carbocycles. The topological polar surface area (TPSA) is 80.3 Å². The Bertz CT molecular complexity index is 942. The molecule has 136 valence electrons. The molecule has 0 spiro atoms. The van der Waals surface area contributed by atoms with Gasteiger partial charge >= 0.3 is 5.97 Å². The molecule has 3 aromatic rings. The van der Waals surface area contributed by atoms with E-state index in [2.05, 4.69) is 15.6 Å². The van der Waals surface area contributed by atoms with Gasteiger partial charge in [0.15, 0.2) is 0 Å². The van der Waals surface area contributed by atoms with E-state index in [1.807, 2.05) is 30.3 Å². The first-order chi connectivity index (χ1) is 13.2. The fourth-order valence-corrected chi connectivity index (χ4v) is 2.53. The van der Waals surface area contributed by atoms with Gasteiger partial charge in [-0.3, -0.25) is 4.79 Å². The number of aromatic nitrogens is 1. The lowest BCUT2D eigenvalue weighted by Crippen LogP contribution is -2.16. The largest absolute Gasteiger partial charge is 0.465 e. The number of esters is 1. The Balaban J connectivity index is 1.72. The van der Waals surface area contributed by atoms with Gasteiger partial charge in [0.05, 0.1) is 18.4 Å². The summed E-state index contributed by atoms with van der Waals surface area (Å²) in [7, 11) is 1.30. The fraction of sp³-hybridized carbons (Fsp3) is 0.0952. The summed E-state index contributed by atoms with van der Waals surface area (Å²) in [6, 6.07) is 19.9. The Morgan fingerprint density at radius 1 is 1.00 bits per heavy atom. The molecule has 27 heavy (non-hydrogen) atoms. The van der Waals surface area contributed by atoms with Gasteiger partial charge in [-0.15, -0.1) is 0 Å². The molecule has 0 atom stereocenters. The lowest BCUT2D eigenvalue weighted by molar-refractivity contribution is 0.0602. The molecule has 0 saturated heterocycles. The first kappa shape index (κ1) is 18.1. The number of para-hydroxylation sites is 1. The van der Waals surface area contributed by atoms with Crippen LogP contribution in [-0.4, -0.2) is 24.0 Å². The van der Waals surface area contributed by atoms with E-state index in [0.717, 1.165) is 5.56 Å². The molecule has 1 aromatic heterocycles. The van der Waals surface area contributed by atoms with E-state index in [1.165, 1.54) is 7.11 Å². The van der Waals surface area contributed by atoms with Crippen LogP contribution in [0.1, 0.15) is 26.3 Å². The first-order valence-corrected chi connectivity index (χ1v) is 8.40. The molecule has 0 unspecified atom stereocenters. The summed E-state index contributed by atoms with van der Waals surface area (Å²) in [5.41, 5.74) is 2.23. The Morgan fingerprint density at radius 2 is 1.74 bits per heavy atom. The third kappa shape index (κ3) is 4.70. The van der Waals surface area contributed by atoms with Crippen molar-refractivity contribution in [1.29, 1.82) is 0 Å². The molecule has 1 amide bonds. The van der Waals surface area contributed by atoms with Crippen LogP contribution in [0.2, 0.25) is 0 Å². The van der Waals surface area contributed by atoms with Crippen molar-refractivity contribution in [3.63, 3.8) is 0 Å². The van der Waals surface area contributed by atoms with Crippen molar-refractivity contribution in [3.05, 3.63) is 89.6 Å². The average molecular weight is 361 g/mol. The van der Waals surface area contributed by atoms with E-state index in [9.17, 15) is 9.59 Å². The Hall–Kier alpha value is -3.67. The monoisotopic (exact) mass is 361 g/mol. The third-order valence-electron chi connectivity index (χ3n) is 3.92. The first-order valence-electron chi connectivity index (χ1n) is 8.40. The number of amides is 1. The van der Waals surface area contributed by atoms with Crippen LogP contribution in [0.25, 0.3) is 0 Å². The van der Waals surface area contributed by atoms with Gasteiger partial charge < -0.3 is 15.4 Å². The normalized spacial score (nSPS) is 10.1. The van der Waals surface area contributed by atoms with Crippen LogP contribution in [-0.2, 0) is 11.3 Å². The molecule has 1 heterocycles. The van der Waals surface area contributed by atoms with Crippen molar-refractivity contribution >= 4 is 23.4 Å². The molecular weight excluding hydrogens is 342 g/mol. The number of pyridine rings is 1. The minimum atomic E-state index is -0.508. The van der Waals surface area contributed by atoms with Gasteiger partial charge in [0.25, 0.3) is 5.91 Å². The molecule has 2 aromatic carbocycles. The maximum atomic E-state index is 12.6. The Labute approximate surface area is 157 Å². The quantitative estimate of drug-likeness (QED) is 0.654. The second-order valence-corrected chi connectivity index (χ2v) is 5.76. The molecule has 0 saturated carbocycles. The number of ether oxygens (including phenoxy) is 1. The van der Waals surface area contributed by atoms with Crippen LogP contribution < -0.4 is 10.6 Å². The maximum absolute atomic E-state index is 12.6. The van der Waals surface area contributed by atoms with E-state index in [4.69, 9.17) is 4.74 Å². The van der Waals surface area contributed by atoms with Crippen molar-refractivity contribution in [2.45, 2.75) is 6.54 Å². The summed E-state index contributed by atoms with van der Waals surface area (Å²) in [6.45, 7) is 0.601. The Kier molecular flexibility index (Phi) is 5.79. The molecule has 0 aliphatic rings. The van der Waals surface area contributed by atoms with E-state index < -0.39 is 5.97 Å². The lowest BCUT2D eigenvalue weighted by atomic mass is 10.1. The zero-order chi connectivity index (χ0) is 19.1. The van der Waals surface area contributed by atoms with Gasteiger partial charge in [0.2, 0.25) is 0 Å². The van der Waals surface area contributed by atoms with Gasteiger partial charge in [0, 0.05) is 18.3 Å². The number of methoxy groups -OCH3 is 1. The molecular formula is C21H19N3O3. The zero-order valence-corrected chi connectivity index (χ0v) is 14.8. The molecule has 0 fully saturated rings. The summed E-state index contributed by atoms with van der Waals surface area (Å²) >= 11 is 0. The van der Waals surface area contributed by atoms with Crippen LogP contribution in [0.4, 0.5) is 11.5 Å². The van der Waals surface area contributed by atoms with Crippen molar-refractivity contribution in [2.75, 3.05) is 17.7 Å². The molecule has 0 radical (unpaired) electrons. The lowest BCUT2D eigenvalue weighted by Gasteiger charge is -2.11. The summed E-state index contributed by atoms with van der Waals surface area (Å²) in [5, 5.41) is 5.94. The van der Waals surface area contributed by atoms with Gasteiger partial charge in [-0.2, -0.15) is 0 Å². The highest BCUT2D eigenvalue weighted by molar-refractivity contribution is 6.08. The zero-order valence-electron chi connectivity index (χ0n) is 14.8. The second-order valence-electron chi connectivity index (χ2n) is 5.76. The minimum Gasteiger partial charge on any atom is -0.465 e. The van der Waals surface area contributed by atoms with Crippen LogP contribution >= 0.6 is 0 Å². The SMILES string of the molecule is COC(=O)c1ccccc1NC(=O)c1ccnc(NCc2ccccc2)c1. The predicted molar refractivity (Wildman–Crippen MR) is 104 cm³/mol. The van der Waals surface area contributed by atoms with E-state index in [-0.39, 0.29) is 5.91 Å². The molecule has 0 bridgehead atoms. The number of hydrogen-bond donors (Lipinski definition) is 2. The standard InChI is InChI=1S/C21H19N3O3/c1-27-21(26)17-9-5-6-10-18(17)24-20(25)16-11-12-22-19(13-16)23-14-15-7-3-2-4-8-15/h2-13H,14H2,1H3,(H,22,23)(H,24,25). The highest BCUT2D eigenvalue weighted by Gasteiger charge is 2.14. The minimum absolute atomic E-state index is 0.296. The Morgan fingerprint density at radius 3 is 2.52 bits per heavy atom. The number of nitrogens with zero attached hydrogens (tertiary/aromatic N) is 1. The highest BCUT2D eigenvalue weighted by Crippen LogP contribution is 2.18. The number of anilines is 2. The number of benzene rings is 2. The molecule has 6 nitrogen and oxygen atoms in total. The molecule has 2 N–H and O–H groups in total. The average Bonchev–Trinajstić information content (AvgIpc) is 2.73. The van der Waals surface area contributed by atoms with Crippen molar-refractivity contribution in [3.8, 4) is 0 Å². The summed E-state index contributed by atoms with van der Waals surface area (Å²) in [4.78, 5) is 28.7. The predicted octanol–water partition coefficient (Wildman–Crippen LogP) is 3.73. The smallest absolute Gasteiger partial charge is 0.339 e. The summed E-state index contributed by atoms with van der Waals surface area (Å²) < 4.78 is 4.75. The number of nitrogens with one attached hydrogen (secondary N) is 2. The third-order valence-corrected chi connectivity index (χ3v) is 3.92. The fourth-order valence-electron chi connectivity index (χ4n) is 2.53. The summed E-state index contributed by atoms with van der Waals surface area (Å²) in [5.74, 6) is -0.255. The van der Waals surface area contributed by atoms with E-state index >= 15 is 0 Å². The number of carbonyl (C=O) groups is 2. The van der Waals surface area contributed by atoms with Crippen LogP contribution in [0.5, 0.6) is 0 Å². The maximum Gasteiger partial charge on any atom is 0.339 e. The molecule has 6 heteroatoms. The van der Waals surface area contributed by atoms with Crippen LogP contribution in [0, 0.1) is 0 Å². The van der Waals surface area contributed by atoms with E-state index in [1.54, 1.807) is 42.6 Å². The highest BCUT2D eigenvalue weighted by atomic mass is 16.5.